The maximum absolute atomic E-state index is 14.7. The second kappa shape index (κ2) is 16.0. The highest BCUT2D eigenvalue weighted by Crippen LogP contribution is 2.33. The van der Waals surface area contributed by atoms with Gasteiger partial charge in [-0.3, -0.25) is 13.9 Å². The standard InChI is InChI=1S/C36H36Cl3N3O4S/c37-28-20-21-32(39)33(23-28)42(47(45,46)30-17-8-3-9-18-30)25-35(43)41(24-27-14-10-11-19-31(27)38)34(22-26-12-4-1-5-13-26)36(44)40-29-15-6-2-7-16-29/h1,3-5,8-14,17-21,23,29,34H,2,6-7,15-16,22,24-25H2,(H,40,44)/t34-/m0/s1. The maximum Gasteiger partial charge on any atom is 0.264 e. The van der Waals surface area contributed by atoms with Gasteiger partial charge in [0, 0.05) is 29.1 Å². The Morgan fingerprint density at radius 2 is 1.43 bits per heavy atom. The average Bonchev–Trinajstić information content (AvgIpc) is 3.08. The second-order valence-corrected chi connectivity index (χ2v) is 14.7. The van der Waals surface area contributed by atoms with Crippen LogP contribution in [-0.2, 0) is 32.6 Å². The van der Waals surface area contributed by atoms with Crippen LogP contribution in [0, 0.1) is 0 Å². The van der Waals surface area contributed by atoms with Gasteiger partial charge >= 0.3 is 0 Å². The summed E-state index contributed by atoms with van der Waals surface area (Å²) in [4.78, 5) is 30.3. The molecule has 0 spiro atoms. The quantitative estimate of drug-likeness (QED) is 0.162. The lowest BCUT2D eigenvalue weighted by Gasteiger charge is -2.35. The van der Waals surface area contributed by atoms with E-state index in [2.05, 4.69) is 5.32 Å². The van der Waals surface area contributed by atoms with Gasteiger partial charge in [0.1, 0.15) is 12.6 Å². The summed E-state index contributed by atoms with van der Waals surface area (Å²) >= 11 is 19.5. The van der Waals surface area contributed by atoms with Crippen molar-refractivity contribution in [3.63, 3.8) is 0 Å². The lowest BCUT2D eigenvalue weighted by molar-refractivity contribution is -0.140. The highest BCUT2D eigenvalue weighted by atomic mass is 35.5. The van der Waals surface area contributed by atoms with Crippen LogP contribution in [-0.4, -0.2) is 43.8 Å². The average molecular weight is 713 g/mol. The lowest BCUT2D eigenvalue weighted by atomic mass is 9.94. The van der Waals surface area contributed by atoms with Gasteiger partial charge in [0.25, 0.3) is 10.0 Å². The summed E-state index contributed by atoms with van der Waals surface area (Å²) in [6, 6.07) is 27.8. The number of carbonyl (C=O) groups excluding carboxylic acids is 2. The summed E-state index contributed by atoms with van der Waals surface area (Å²) in [6.07, 6.45) is 5.08. The Bertz CT molecular complexity index is 1790. The van der Waals surface area contributed by atoms with Gasteiger partial charge in [-0.2, -0.15) is 0 Å². The first kappa shape index (κ1) is 34.8. The number of anilines is 1. The fourth-order valence-electron chi connectivity index (χ4n) is 5.82. The van der Waals surface area contributed by atoms with Crippen molar-refractivity contribution < 1.29 is 18.0 Å². The Balaban J connectivity index is 1.59. The van der Waals surface area contributed by atoms with Crippen LogP contribution in [0.1, 0.15) is 43.2 Å². The fourth-order valence-corrected chi connectivity index (χ4v) is 7.90. The summed E-state index contributed by atoms with van der Waals surface area (Å²) in [5, 5.41) is 3.95. The SMILES string of the molecule is O=C(NC1CCCCC1)[C@H](Cc1ccccc1)N(Cc1ccccc1Cl)C(=O)CN(c1cc(Cl)ccc1Cl)S(=O)(=O)c1ccccc1. The van der Waals surface area contributed by atoms with E-state index in [1.165, 1.54) is 35.2 Å². The molecule has 5 rings (SSSR count). The van der Waals surface area contributed by atoms with Gasteiger partial charge in [0.05, 0.1) is 15.6 Å². The highest BCUT2D eigenvalue weighted by molar-refractivity contribution is 7.92. The monoisotopic (exact) mass is 711 g/mol. The van der Waals surface area contributed by atoms with Crippen molar-refractivity contribution in [2.24, 2.45) is 0 Å². The molecule has 47 heavy (non-hydrogen) atoms. The van der Waals surface area contributed by atoms with Crippen molar-refractivity contribution in [1.29, 1.82) is 0 Å². The number of amides is 2. The first-order valence-electron chi connectivity index (χ1n) is 15.5. The number of benzene rings is 4. The lowest BCUT2D eigenvalue weighted by Crippen LogP contribution is -2.55. The minimum absolute atomic E-state index is 0.00740. The minimum Gasteiger partial charge on any atom is -0.352 e. The Kier molecular flexibility index (Phi) is 11.9. The number of nitrogens with one attached hydrogen (secondary N) is 1. The number of hydrogen-bond acceptors (Lipinski definition) is 4. The molecule has 11 heteroatoms. The van der Waals surface area contributed by atoms with Crippen LogP contribution in [0.5, 0.6) is 0 Å². The Labute approximate surface area is 291 Å². The molecule has 0 unspecified atom stereocenters. The molecule has 0 saturated heterocycles. The molecule has 1 fully saturated rings. The molecule has 0 heterocycles. The Hall–Kier alpha value is -3.56. The molecule has 0 aromatic heterocycles. The van der Waals surface area contributed by atoms with Gasteiger partial charge in [-0.25, -0.2) is 8.42 Å². The van der Waals surface area contributed by atoms with E-state index in [1.54, 1.807) is 42.5 Å². The largest absolute Gasteiger partial charge is 0.352 e. The number of hydrogen-bond donors (Lipinski definition) is 1. The van der Waals surface area contributed by atoms with E-state index < -0.39 is 28.5 Å². The fraction of sp³-hybridized carbons (Fsp3) is 0.278. The predicted octanol–water partition coefficient (Wildman–Crippen LogP) is 7.93. The molecule has 0 radical (unpaired) electrons. The van der Waals surface area contributed by atoms with Gasteiger partial charge in [0.2, 0.25) is 11.8 Å². The van der Waals surface area contributed by atoms with Crippen molar-refractivity contribution in [3.05, 3.63) is 129 Å². The van der Waals surface area contributed by atoms with Crippen molar-refractivity contribution in [3.8, 4) is 0 Å². The van der Waals surface area contributed by atoms with Crippen LogP contribution >= 0.6 is 34.8 Å². The summed E-state index contributed by atoms with van der Waals surface area (Å²) in [5.41, 5.74) is 1.50. The van der Waals surface area contributed by atoms with Crippen molar-refractivity contribution in [2.45, 2.75) is 62.0 Å². The summed E-state index contributed by atoms with van der Waals surface area (Å²) in [7, 11) is -4.31. The zero-order valence-corrected chi connectivity index (χ0v) is 28.8. The highest BCUT2D eigenvalue weighted by Gasteiger charge is 2.36. The van der Waals surface area contributed by atoms with E-state index in [9.17, 15) is 18.0 Å². The molecular formula is C36H36Cl3N3O4S. The molecule has 1 aliphatic carbocycles. The van der Waals surface area contributed by atoms with E-state index >= 15 is 0 Å². The summed E-state index contributed by atoms with van der Waals surface area (Å²) < 4.78 is 29.3. The van der Waals surface area contributed by atoms with Gasteiger partial charge in [0.15, 0.2) is 0 Å². The topological polar surface area (TPSA) is 86.8 Å². The van der Waals surface area contributed by atoms with Crippen LogP contribution < -0.4 is 9.62 Å². The van der Waals surface area contributed by atoms with Crippen LogP contribution in [0.2, 0.25) is 15.1 Å². The van der Waals surface area contributed by atoms with Gasteiger partial charge in [-0.1, -0.05) is 121 Å². The molecule has 1 aliphatic rings. The molecule has 1 atom stereocenters. The maximum atomic E-state index is 14.7. The number of rotatable bonds is 12. The van der Waals surface area contributed by atoms with E-state index in [4.69, 9.17) is 34.8 Å². The molecule has 246 valence electrons. The number of carbonyl (C=O) groups is 2. The van der Waals surface area contributed by atoms with Gasteiger partial charge in [-0.05, 0) is 60.4 Å². The molecule has 2 amide bonds. The third-order valence-corrected chi connectivity index (χ3v) is 11.0. The first-order chi connectivity index (χ1) is 22.6. The second-order valence-electron chi connectivity index (χ2n) is 11.6. The molecule has 0 aliphatic heterocycles. The zero-order chi connectivity index (χ0) is 33.4. The zero-order valence-electron chi connectivity index (χ0n) is 25.7. The minimum atomic E-state index is -4.31. The molecule has 7 nitrogen and oxygen atoms in total. The third kappa shape index (κ3) is 8.87. The van der Waals surface area contributed by atoms with Gasteiger partial charge < -0.3 is 10.2 Å². The predicted molar refractivity (Wildman–Crippen MR) is 188 cm³/mol. The molecule has 4 aromatic carbocycles. The van der Waals surface area contributed by atoms with Crippen LogP contribution in [0.4, 0.5) is 5.69 Å². The molecule has 1 N–H and O–H groups in total. The van der Waals surface area contributed by atoms with Crippen LogP contribution in [0.25, 0.3) is 0 Å². The van der Waals surface area contributed by atoms with Crippen LogP contribution in [0.15, 0.2) is 108 Å². The van der Waals surface area contributed by atoms with Crippen molar-refractivity contribution in [2.75, 3.05) is 10.8 Å². The van der Waals surface area contributed by atoms with Gasteiger partial charge in [-0.15, -0.1) is 0 Å². The van der Waals surface area contributed by atoms with E-state index in [0.717, 1.165) is 42.0 Å². The third-order valence-electron chi connectivity index (χ3n) is 8.31. The smallest absolute Gasteiger partial charge is 0.264 e. The molecule has 4 aromatic rings. The van der Waals surface area contributed by atoms with E-state index in [0.29, 0.717) is 10.6 Å². The Morgan fingerprint density at radius 1 is 0.787 bits per heavy atom. The Morgan fingerprint density at radius 3 is 2.11 bits per heavy atom. The molecule has 0 bridgehead atoms. The normalized spacial score (nSPS) is 14.3. The van der Waals surface area contributed by atoms with Crippen LogP contribution in [0.3, 0.4) is 0 Å². The van der Waals surface area contributed by atoms with Crippen molar-refractivity contribution >= 4 is 62.3 Å². The first-order valence-corrected chi connectivity index (χ1v) is 18.1. The summed E-state index contributed by atoms with van der Waals surface area (Å²) in [6.45, 7) is -0.680. The number of nitrogens with zero attached hydrogens (tertiary/aromatic N) is 2. The number of sulfonamides is 1. The number of halogens is 3. The van der Waals surface area contributed by atoms with Crippen molar-refractivity contribution in [1.82, 2.24) is 10.2 Å². The molecular weight excluding hydrogens is 677 g/mol. The van der Waals surface area contributed by atoms with E-state index in [-0.39, 0.29) is 45.5 Å². The molecule has 1 saturated carbocycles. The summed E-state index contributed by atoms with van der Waals surface area (Å²) in [5.74, 6) is -0.917. The van der Waals surface area contributed by atoms with E-state index in [1.807, 2.05) is 30.3 Å².